The quantitative estimate of drug-likeness (QED) is 0.506. The van der Waals surface area contributed by atoms with E-state index in [4.69, 9.17) is 0 Å². The first-order valence-electron chi connectivity index (χ1n) is 6.19. The van der Waals surface area contributed by atoms with Crippen molar-refractivity contribution in [3.8, 4) is 0 Å². The van der Waals surface area contributed by atoms with Crippen molar-refractivity contribution in [2.24, 2.45) is 0 Å². The summed E-state index contributed by atoms with van der Waals surface area (Å²) in [5.74, 6) is 0. The van der Waals surface area contributed by atoms with Crippen LogP contribution in [0.25, 0.3) is 0 Å². The Morgan fingerprint density at radius 1 is 1.36 bits per heavy atom. The molecule has 0 amide bonds. The molecule has 0 aromatic heterocycles. The number of allylic oxidation sites excluding steroid dienone is 1. The summed E-state index contributed by atoms with van der Waals surface area (Å²) in [7, 11) is 0. The minimum atomic E-state index is -0.0779. The molecule has 0 fully saturated rings. The van der Waals surface area contributed by atoms with Gasteiger partial charge in [0.1, 0.15) is 0 Å². The Bertz CT molecular complexity index is 172. The van der Waals surface area contributed by atoms with Gasteiger partial charge < -0.3 is 5.11 Å². The number of unbranched alkanes of at least 4 members (excludes halogenated alkanes) is 2. The summed E-state index contributed by atoms with van der Waals surface area (Å²) < 4.78 is 0. The van der Waals surface area contributed by atoms with Gasteiger partial charge in [0.15, 0.2) is 0 Å². The number of rotatable bonds is 6. The normalized spacial score (nSPS) is 19.1. The average molecular weight is 196 g/mol. The Morgan fingerprint density at radius 3 is 2.86 bits per heavy atom. The molecule has 0 radical (unpaired) electrons. The van der Waals surface area contributed by atoms with Crippen LogP contribution in [0.3, 0.4) is 0 Å². The Balaban J connectivity index is 2.12. The molecule has 0 heterocycles. The summed E-state index contributed by atoms with van der Waals surface area (Å²) in [4.78, 5) is 0. The van der Waals surface area contributed by atoms with Crippen LogP contribution in [-0.2, 0) is 0 Å². The zero-order valence-electron chi connectivity index (χ0n) is 9.47. The van der Waals surface area contributed by atoms with Crippen molar-refractivity contribution in [3.63, 3.8) is 0 Å². The standard InChI is InChI=1S/C13H24O/c1-2-3-5-10-13(14)11-12-8-6-4-7-9-12/h8,13-14H,2-7,9-11H2,1H3. The van der Waals surface area contributed by atoms with Gasteiger partial charge in [0, 0.05) is 0 Å². The Morgan fingerprint density at radius 2 is 2.21 bits per heavy atom. The Kier molecular flexibility index (Phi) is 5.93. The third-order valence-electron chi connectivity index (χ3n) is 3.02. The third kappa shape index (κ3) is 4.80. The molecule has 1 aliphatic rings. The van der Waals surface area contributed by atoms with Crippen LogP contribution in [-0.4, -0.2) is 11.2 Å². The van der Waals surface area contributed by atoms with Crippen LogP contribution in [0.1, 0.15) is 64.7 Å². The average Bonchev–Trinajstić information content (AvgIpc) is 2.20. The van der Waals surface area contributed by atoms with Crippen LogP contribution in [0.2, 0.25) is 0 Å². The lowest BCUT2D eigenvalue weighted by molar-refractivity contribution is 0.159. The summed E-state index contributed by atoms with van der Waals surface area (Å²) in [6.07, 6.45) is 13.0. The summed E-state index contributed by atoms with van der Waals surface area (Å²) >= 11 is 0. The minimum Gasteiger partial charge on any atom is -0.393 e. The maximum atomic E-state index is 9.79. The van der Waals surface area contributed by atoms with Crippen LogP contribution in [0.15, 0.2) is 11.6 Å². The largest absolute Gasteiger partial charge is 0.393 e. The van der Waals surface area contributed by atoms with Gasteiger partial charge in [0.05, 0.1) is 6.10 Å². The third-order valence-corrected chi connectivity index (χ3v) is 3.02. The van der Waals surface area contributed by atoms with Gasteiger partial charge in [-0.1, -0.05) is 37.8 Å². The molecule has 0 spiro atoms. The highest BCUT2D eigenvalue weighted by atomic mass is 16.3. The molecular formula is C13H24O. The summed E-state index contributed by atoms with van der Waals surface area (Å²) in [5, 5.41) is 9.79. The highest BCUT2D eigenvalue weighted by Crippen LogP contribution is 2.22. The fraction of sp³-hybridized carbons (Fsp3) is 0.846. The van der Waals surface area contributed by atoms with E-state index in [2.05, 4.69) is 13.0 Å². The van der Waals surface area contributed by atoms with Gasteiger partial charge in [-0.05, 0) is 38.5 Å². The van der Waals surface area contributed by atoms with Gasteiger partial charge in [-0.25, -0.2) is 0 Å². The molecule has 82 valence electrons. The van der Waals surface area contributed by atoms with Crippen molar-refractivity contribution in [2.75, 3.05) is 0 Å². The molecule has 1 rings (SSSR count). The highest BCUT2D eigenvalue weighted by molar-refractivity contribution is 5.05. The van der Waals surface area contributed by atoms with Gasteiger partial charge in [-0.2, -0.15) is 0 Å². The lowest BCUT2D eigenvalue weighted by Gasteiger charge is -2.16. The van der Waals surface area contributed by atoms with Crippen molar-refractivity contribution in [2.45, 2.75) is 70.8 Å². The van der Waals surface area contributed by atoms with Gasteiger partial charge >= 0.3 is 0 Å². The number of aliphatic hydroxyl groups is 1. The second-order valence-corrected chi connectivity index (χ2v) is 4.46. The predicted octanol–water partition coefficient (Wildman–Crippen LogP) is 3.82. The second kappa shape index (κ2) is 7.05. The molecule has 1 nitrogen and oxygen atoms in total. The van der Waals surface area contributed by atoms with E-state index in [-0.39, 0.29) is 6.10 Å². The van der Waals surface area contributed by atoms with Crippen molar-refractivity contribution in [1.82, 2.24) is 0 Å². The zero-order valence-corrected chi connectivity index (χ0v) is 9.47. The topological polar surface area (TPSA) is 20.2 Å². The van der Waals surface area contributed by atoms with Crippen molar-refractivity contribution >= 4 is 0 Å². The number of aliphatic hydroxyl groups excluding tert-OH is 1. The highest BCUT2D eigenvalue weighted by Gasteiger charge is 2.09. The van der Waals surface area contributed by atoms with Crippen LogP contribution in [0.4, 0.5) is 0 Å². The molecule has 0 saturated heterocycles. The zero-order chi connectivity index (χ0) is 10.2. The van der Waals surface area contributed by atoms with Crippen molar-refractivity contribution in [3.05, 3.63) is 11.6 Å². The molecule has 0 aromatic rings. The molecule has 0 aliphatic heterocycles. The minimum absolute atomic E-state index is 0.0779. The molecular weight excluding hydrogens is 172 g/mol. The van der Waals surface area contributed by atoms with Crippen LogP contribution in [0, 0.1) is 0 Å². The van der Waals surface area contributed by atoms with Gasteiger partial charge in [0.25, 0.3) is 0 Å². The van der Waals surface area contributed by atoms with E-state index in [1.54, 1.807) is 0 Å². The van der Waals surface area contributed by atoms with E-state index in [9.17, 15) is 5.11 Å². The maximum absolute atomic E-state index is 9.79. The molecule has 1 aliphatic carbocycles. The second-order valence-electron chi connectivity index (χ2n) is 4.46. The Labute approximate surface area is 88.2 Å². The van der Waals surface area contributed by atoms with E-state index in [0.717, 1.165) is 12.8 Å². The van der Waals surface area contributed by atoms with Crippen LogP contribution in [0.5, 0.6) is 0 Å². The summed E-state index contributed by atoms with van der Waals surface area (Å²) in [6.45, 7) is 2.20. The molecule has 1 unspecified atom stereocenters. The van der Waals surface area contributed by atoms with Gasteiger partial charge in [-0.3, -0.25) is 0 Å². The number of hydrogen-bond acceptors (Lipinski definition) is 1. The maximum Gasteiger partial charge on any atom is 0.0577 e. The molecule has 1 N–H and O–H groups in total. The first kappa shape index (κ1) is 11.8. The van der Waals surface area contributed by atoms with Crippen molar-refractivity contribution in [1.29, 1.82) is 0 Å². The lowest BCUT2D eigenvalue weighted by atomic mass is 9.93. The van der Waals surface area contributed by atoms with Gasteiger partial charge in [0.2, 0.25) is 0 Å². The predicted molar refractivity (Wildman–Crippen MR) is 61.3 cm³/mol. The molecule has 0 aromatic carbocycles. The van der Waals surface area contributed by atoms with E-state index >= 15 is 0 Å². The fourth-order valence-electron chi connectivity index (χ4n) is 2.12. The molecule has 0 bridgehead atoms. The first-order chi connectivity index (χ1) is 6.83. The fourth-order valence-corrected chi connectivity index (χ4v) is 2.12. The smallest absolute Gasteiger partial charge is 0.0577 e. The van der Waals surface area contributed by atoms with Crippen LogP contribution >= 0.6 is 0 Å². The molecule has 14 heavy (non-hydrogen) atoms. The van der Waals surface area contributed by atoms with Crippen molar-refractivity contribution < 1.29 is 5.11 Å². The number of hydrogen-bond donors (Lipinski definition) is 1. The molecule has 1 heteroatoms. The summed E-state index contributed by atoms with van der Waals surface area (Å²) in [6, 6.07) is 0. The van der Waals surface area contributed by atoms with E-state index in [1.165, 1.54) is 50.5 Å². The lowest BCUT2D eigenvalue weighted by Crippen LogP contribution is -2.08. The molecule has 1 atom stereocenters. The Hall–Kier alpha value is -0.300. The van der Waals surface area contributed by atoms with Crippen LogP contribution < -0.4 is 0 Å². The monoisotopic (exact) mass is 196 g/mol. The van der Waals surface area contributed by atoms with Gasteiger partial charge in [-0.15, -0.1) is 0 Å². The first-order valence-corrected chi connectivity index (χ1v) is 6.19. The van der Waals surface area contributed by atoms with E-state index < -0.39 is 0 Å². The SMILES string of the molecule is CCCCCC(O)CC1=CCCCC1. The van der Waals surface area contributed by atoms with E-state index in [1.807, 2.05) is 0 Å². The van der Waals surface area contributed by atoms with E-state index in [0.29, 0.717) is 0 Å². The molecule has 0 saturated carbocycles. The summed E-state index contributed by atoms with van der Waals surface area (Å²) in [5.41, 5.74) is 1.50.